The molecular formula is C13H16BrN3O4. The van der Waals surface area contributed by atoms with Gasteiger partial charge in [-0.1, -0.05) is 0 Å². The lowest BCUT2D eigenvalue weighted by Gasteiger charge is -2.28. The number of aromatic nitrogens is 1. The monoisotopic (exact) mass is 357 g/mol. The highest BCUT2D eigenvalue weighted by molar-refractivity contribution is 9.10. The minimum absolute atomic E-state index is 0.0560. The maximum Gasteiger partial charge on any atom is 0.311 e. The highest BCUT2D eigenvalue weighted by Crippen LogP contribution is 2.34. The van der Waals surface area contributed by atoms with Crippen LogP contribution in [0.4, 0.5) is 11.4 Å². The molecule has 0 amide bonds. The SMILES string of the molecule is COC(=O)C1CCC(Nc2c(Br)cncc2[N+](=O)[O-])CC1. The van der Waals surface area contributed by atoms with Crippen molar-refractivity contribution < 1.29 is 14.5 Å². The van der Waals surface area contributed by atoms with Crippen LogP contribution < -0.4 is 5.32 Å². The first kappa shape index (κ1) is 15.7. The molecule has 1 heterocycles. The van der Waals surface area contributed by atoms with Crippen LogP contribution in [0.15, 0.2) is 16.9 Å². The van der Waals surface area contributed by atoms with Crippen molar-refractivity contribution in [1.82, 2.24) is 4.98 Å². The molecule has 0 radical (unpaired) electrons. The van der Waals surface area contributed by atoms with E-state index >= 15 is 0 Å². The second-order valence-electron chi connectivity index (χ2n) is 4.99. The van der Waals surface area contributed by atoms with Gasteiger partial charge in [0.15, 0.2) is 0 Å². The summed E-state index contributed by atoms with van der Waals surface area (Å²) in [5.41, 5.74) is 0.385. The fourth-order valence-corrected chi connectivity index (χ4v) is 2.99. The average Bonchev–Trinajstić information content (AvgIpc) is 2.49. The van der Waals surface area contributed by atoms with Crippen LogP contribution >= 0.6 is 15.9 Å². The summed E-state index contributed by atoms with van der Waals surface area (Å²) in [5.74, 6) is -0.242. The number of nitrogens with zero attached hydrogens (tertiary/aromatic N) is 2. The first-order valence-corrected chi connectivity index (χ1v) is 7.44. The smallest absolute Gasteiger partial charge is 0.311 e. The Bertz CT molecular complexity index is 544. The van der Waals surface area contributed by atoms with Gasteiger partial charge in [0.25, 0.3) is 0 Å². The first-order chi connectivity index (χ1) is 10.0. The van der Waals surface area contributed by atoms with Crippen molar-refractivity contribution in [3.05, 3.63) is 27.0 Å². The van der Waals surface area contributed by atoms with E-state index in [-0.39, 0.29) is 23.6 Å². The van der Waals surface area contributed by atoms with Gasteiger partial charge in [0, 0.05) is 12.2 Å². The van der Waals surface area contributed by atoms with Gasteiger partial charge in [0.1, 0.15) is 11.9 Å². The highest BCUT2D eigenvalue weighted by Gasteiger charge is 2.28. The molecule has 1 N–H and O–H groups in total. The minimum atomic E-state index is -0.458. The Morgan fingerprint density at radius 2 is 2.10 bits per heavy atom. The Labute approximate surface area is 130 Å². The molecule has 114 valence electrons. The van der Waals surface area contributed by atoms with Crippen molar-refractivity contribution in [2.45, 2.75) is 31.7 Å². The maximum absolute atomic E-state index is 11.5. The normalized spacial score (nSPS) is 21.6. The number of hydrogen-bond donors (Lipinski definition) is 1. The first-order valence-electron chi connectivity index (χ1n) is 6.65. The van der Waals surface area contributed by atoms with E-state index in [4.69, 9.17) is 4.74 Å². The predicted octanol–water partition coefficient (Wildman–Crippen LogP) is 2.90. The van der Waals surface area contributed by atoms with E-state index in [0.29, 0.717) is 10.2 Å². The van der Waals surface area contributed by atoms with E-state index in [1.807, 2.05) is 0 Å². The molecule has 21 heavy (non-hydrogen) atoms. The van der Waals surface area contributed by atoms with Crippen molar-refractivity contribution in [2.75, 3.05) is 12.4 Å². The van der Waals surface area contributed by atoms with Crippen molar-refractivity contribution in [2.24, 2.45) is 5.92 Å². The van der Waals surface area contributed by atoms with Gasteiger partial charge >= 0.3 is 11.7 Å². The van der Waals surface area contributed by atoms with Crippen molar-refractivity contribution in [3.63, 3.8) is 0 Å². The number of esters is 1. The van der Waals surface area contributed by atoms with Crippen LogP contribution in [-0.4, -0.2) is 29.0 Å². The van der Waals surface area contributed by atoms with Gasteiger partial charge < -0.3 is 10.1 Å². The van der Waals surface area contributed by atoms with Gasteiger partial charge in [0.05, 0.1) is 22.4 Å². The molecular weight excluding hydrogens is 342 g/mol. The Hall–Kier alpha value is -1.70. The van der Waals surface area contributed by atoms with Gasteiger partial charge in [-0.05, 0) is 41.6 Å². The predicted molar refractivity (Wildman–Crippen MR) is 80.0 cm³/mol. The number of halogens is 1. The van der Waals surface area contributed by atoms with Gasteiger partial charge in [-0.15, -0.1) is 0 Å². The van der Waals surface area contributed by atoms with Crippen LogP contribution in [0, 0.1) is 16.0 Å². The molecule has 7 nitrogen and oxygen atoms in total. The van der Waals surface area contributed by atoms with E-state index < -0.39 is 4.92 Å². The molecule has 0 atom stereocenters. The minimum Gasteiger partial charge on any atom is -0.469 e. The zero-order valence-corrected chi connectivity index (χ0v) is 13.1. The number of pyridine rings is 1. The quantitative estimate of drug-likeness (QED) is 0.505. The van der Waals surface area contributed by atoms with E-state index in [9.17, 15) is 14.9 Å². The van der Waals surface area contributed by atoms with Crippen LogP contribution in [0.1, 0.15) is 25.7 Å². The zero-order chi connectivity index (χ0) is 15.4. The lowest BCUT2D eigenvalue weighted by Crippen LogP contribution is -2.30. The number of rotatable bonds is 4. The lowest BCUT2D eigenvalue weighted by molar-refractivity contribution is -0.384. The highest BCUT2D eigenvalue weighted by atomic mass is 79.9. The molecule has 1 aromatic rings. The van der Waals surface area contributed by atoms with Gasteiger partial charge in [-0.2, -0.15) is 0 Å². The van der Waals surface area contributed by atoms with E-state index in [1.54, 1.807) is 0 Å². The van der Waals surface area contributed by atoms with Crippen molar-refractivity contribution >= 4 is 33.3 Å². The molecule has 1 aliphatic carbocycles. The molecule has 0 bridgehead atoms. The van der Waals surface area contributed by atoms with Gasteiger partial charge in [-0.3, -0.25) is 19.9 Å². The number of nitro groups is 1. The number of carbonyl (C=O) groups is 1. The van der Waals surface area contributed by atoms with Crippen LogP contribution in [0.2, 0.25) is 0 Å². The molecule has 1 saturated carbocycles. The third-order valence-electron chi connectivity index (χ3n) is 3.69. The Morgan fingerprint density at radius 1 is 1.43 bits per heavy atom. The van der Waals surface area contributed by atoms with Crippen LogP contribution in [0.5, 0.6) is 0 Å². The summed E-state index contributed by atoms with van der Waals surface area (Å²) < 4.78 is 5.31. The Kier molecular flexibility index (Phi) is 5.11. The second-order valence-corrected chi connectivity index (χ2v) is 5.84. The molecule has 8 heteroatoms. The fourth-order valence-electron chi connectivity index (χ4n) is 2.55. The zero-order valence-electron chi connectivity index (χ0n) is 11.5. The van der Waals surface area contributed by atoms with Gasteiger partial charge in [0.2, 0.25) is 0 Å². The van der Waals surface area contributed by atoms with Gasteiger partial charge in [-0.25, -0.2) is 0 Å². The standard InChI is InChI=1S/C13H16BrN3O4/c1-21-13(18)8-2-4-9(5-3-8)16-12-10(14)6-15-7-11(12)17(19)20/h6-9H,2-5H2,1H3,(H,15,16). The largest absolute Gasteiger partial charge is 0.469 e. The third kappa shape index (κ3) is 3.69. The lowest BCUT2D eigenvalue weighted by atomic mass is 9.86. The second kappa shape index (κ2) is 6.84. The van der Waals surface area contributed by atoms with E-state index in [2.05, 4.69) is 26.2 Å². The summed E-state index contributed by atoms with van der Waals surface area (Å²) in [6.45, 7) is 0. The molecule has 0 aliphatic heterocycles. The number of anilines is 1. The molecule has 0 unspecified atom stereocenters. The molecule has 0 saturated heterocycles. The molecule has 1 aromatic heterocycles. The summed E-state index contributed by atoms with van der Waals surface area (Å²) in [6, 6.07) is 0.100. The van der Waals surface area contributed by atoms with Crippen molar-refractivity contribution in [3.8, 4) is 0 Å². The Balaban J connectivity index is 2.04. The molecule has 2 rings (SSSR count). The number of carbonyl (C=O) groups excluding carboxylic acids is 1. The Morgan fingerprint density at radius 3 is 2.67 bits per heavy atom. The van der Waals surface area contributed by atoms with E-state index in [1.165, 1.54) is 19.5 Å². The summed E-state index contributed by atoms with van der Waals surface area (Å²) in [5, 5.41) is 14.2. The molecule has 1 aliphatic rings. The molecule has 0 spiro atoms. The third-order valence-corrected chi connectivity index (χ3v) is 4.29. The van der Waals surface area contributed by atoms with E-state index in [0.717, 1.165) is 25.7 Å². The average molecular weight is 358 g/mol. The summed E-state index contributed by atoms with van der Waals surface area (Å²) in [7, 11) is 1.39. The number of methoxy groups -OCH3 is 1. The van der Waals surface area contributed by atoms with Crippen LogP contribution in [0.3, 0.4) is 0 Å². The number of ether oxygens (including phenoxy) is 1. The van der Waals surface area contributed by atoms with Crippen LogP contribution in [0.25, 0.3) is 0 Å². The summed E-state index contributed by atoms with van der Waals surface area (Å²) in [6.07, 6.45) is 5.74. The number of hydrogen-bond acceptors (Lipinski definition) is 6. The van der Waals surface area contributed by atoms with Crippen LogP contribution in [-0.2, 0) is 9.53 Å². The topological polar surface area (TPSA) is 94.4 Å². The summed E-state index contributed by atoms with van der Waals surface area (Å²) in [4.78, 5) is 25.9. The summed E-state index contributed by atoms with van der Waals surface area (Å²) >= 11 is 3.28. The molecule has 1 fully saturated rings. The molecule has 0 aromatic carbocycles. The number of nitrogens with one attached hydrogen (secondary N) is 1. The fraction of sp³-hybridized carbons (Fsp3) is 0.538. The van der Waals surface area contributed by atoms with Crippen molar-refractivity contribution in [1.29, 1.82) is 0 Å². The maximum atomic E-state index is 11.5.